The zero-order valence-corrected chi connectivity index (χ0v) is 16.2. The van der Waals surface area contributed by atoms with E-state index >= 15 is 0 Å². The predicted octanol–water partition coefficient (Wildman–Crippen LogP) is 3.89. The maximum absolute atomic E-state index is 13.1. The highest BCUT2D eigenvalue weighted by Crippen LogP contribution is 2.37. The van der Waals surface area contributed by atoms with Crippen LogP contribution in [0, 0.1) is 0 Å². The van der Waals surface area contributed by atoms with Crippen LogP contribution in [0.15, 0.2) is 59.8 Å². The number of benzene rings is 2. The highest BCUT2D eigenvalue weighted by molar-refractivity contribution is 8.00. The van der Waals surface area contributed by atoms with E-state index in [0.29, 0.717) is 15.9 Å². The first kappa shape index (κ1) is 17.9. The van der Waals surface area contributed by atoms with Crippen molar-refractivity contribution in [3.8, 4) is 0 Å². The van der Waals surface area contributed by atoms with E-state index in [1.807, 2.05) is 41.9 Å². The molecule has 2 unspecified atom stereocenters. The highest BCUT2D eigenvalue weighted by atomic mass is 35.5. The van der Waals surface area contributed by atoms with Crippen LogP contribution in [0.2, 0.25) is 5.02 Å². The van der Waals surface area contributed by atoms with E-state index in [2.05, 4.69) is 20.9 Å². The second kappa shape index (κ2) is 7.62. The van der Waals surface area contributed by atoms with Crippen LogP contribution in [-0.2, 0) is 11.2 Å². The number of nitrogens with zero attached hydrogens (tertiary/aromatic N) is 3. The number of aromatic nitrogens is 3. The van der Waals surface area contributed by atoms with Gasteiger partial charge in [0.2, 0.25) is 11.1 Å². The summed E-state index contributed by atoms with van der Waals surface area (Å²) < 4.78 is 1.88. The first-order valence-electron chi connectivity index (χ1n) is 8.64. The Hall–Kier alpha value is -2.51. The van der Waals surface area contributed by atoms with E-state index in [1.54, 1.807) is 24.3 Å². The molecule has 3 aromatic rings. The number of carbonyl (C=O) groups is 1. The van der Waals surface area contributed by atoms with E-state index in [-0.39, 0.29) is 11.9 Å². The number of anilines is 1. The number of fused-ring (bicyclic) bond motifs is 1. The van der Waals surface area contributed by atoms with Crippen LogP contribution in [-0.4, -0.2) is 26.0 Å². The smallest absolute Gasteiger partial charge is 0.240 e. The lowest BCUT2D eigenvalue weighted by Gasteiger charge is -2.32. The minimum atomic E-state index is -0.399. The Bertz CT molecular complexity index is 944. The fourth-order valence-corrected chi connectivity index (χ4v) is 4.21. The summed E-state index contributed by atoms with van der Waals surface area (Å²) in [5.74, 6) is 0.742. The molecular weight excluding hydrogens is 382 g/mol. The van der Waals surface area contributed by atoms with Crippen LogP contribution in [0.25, 0.3) is 0 Å². The molecule has 1 aromatic heterocycles. The van der Waals surface area contributed by atoms with Gasteiger partial charge in [0.05, 0.1) is 6.04 Å². The molecule has 2 aromatic carbocycles. The van der Waals surface area contributed by atoms with Crippen LogP contribution >= 0.6 is 23.4 Å². The molecular formula is C19H18ClN5OS. The highest BCUT2D eigenvalue weighted by Gasteiger charge is 2.37. The Labute approximate surface area is 166 Å². The molecule has 6 nitrogen and oxygen atoms in total. The summed E-state index contributed by atoms with van der Waals surface area (Å²) in [6.45, 7) is 2.03. The standard InChI is InChI=1S/C19H18ClN5OS/c1-2-15-22-23-19-25(15)24-16(12-6-4-3-5-7-12)17(27-19)18(26)21-14-10-8-13(20)9-11-14/h3-11,16-17,24H,2H2,1H3,(H,21,26). The molecule has 0 bridgehead atoms. The van der Waals surface area contributed by atoms with Gasteiger partial charge >= 0.3 is 0 Å². The number of carbonyl (C=O) groups excluding carboxylic acids is 1. The van der Waals surface area contributed by atoms with Crippen LogP contribution in [0.3, 0.4) is 0 Å². The average Bonchev–Trinajstić information content (AvgIpc) is 3.11. The summed E-state index contributed by atoms with van der Waals surface area (Å²) in [6, 6.07) is 16.8. The summed E-state index contributed by atoms with van der Waals surface area (Å²) >= 11 is 7.34. The second-order valence-corrected chi connectivity index (χ2v) is 7.68. The normalized spacial score (nSPS) is 18.4. The number of amides is 1. The van der Waals surface area contributed by atoms with Gasteiger partial charge in [-0.1, -0.05) is 60.6 Å². The van der Waals surface area contributed by atoms with Crippen LogP contribution in [0.1, 0.15) is 24.4 Å². The van der Waals surface area contributed by atoms with Gasteiger partial charge in [0.15, 0.2) is 5.82 Å². The zero-order chi connectivity index (χ0) is 18.8. The Morgan fingerprint density at radius 1 is 1.19 bits per heavy atom. The number of rotatable bonds is 4. The Kier molecular flexibility index (Phi) is 5.05. The number of halogens is 1. The SMILES string of the molecule is CCc1nnc2n1NC(c1ccccc1)C(C(=O)Nc1ccc(Cl)cc1)S2. The zero-order valence-electron chi connectivity index (χ0n) is 14.6. The molecule has 8 heteroatoms. The largest absolute Gasteiger partial charge is 0.325 e. The predicted molar refractivity (Wildman–Crippen MR) is 108 cm³/mol. The third kappa shape index (κ3) is 3.65. The first-order valence-corrected chi connectivity index (χ1v) is 9.90. The molecule has 0 radical (unpaired) electrons. The Balaban J connectivity index is 1.65. The molecule has 2 heterocycles. The fraction of sp³-hybridized carbons (Fsp3) is 0.211. The fourth-order valence-electron chi connectivity index (χ4n) is 2.98. The molecule has 1 aliphatic rings. The molecule has 1 aliphatic heterocycles. The summed E-state index contributed by atoms with van der Waals surface area (Å²) in [5.41, 5.74) is 5.16. The van der Waals surface area contributed by atoms with Crippen molar-refractivity contribution in [1.29, 1.82) is 0 Å². The summed E-state index contributed by atoms with van der Waals surface area (Å²) in [5, 5.41) is 12.3. The van der Waals surface area contributed by atoms with Gasteiger partial charge in [0, 0.05) is 17.1 Å². The topological polar surface area (TPSA) is 71.8 Å². The maximum atomic E-state index is 13.1. The van der Waals surface area contributed by atoms with Crippen LogP contribution < -0.4 is 10.7 Å². The lowest BCUT2D eigenvalue weighted by atomic mass is 10.0. The van der Waals surface area contributed by atoms with Gasteiger partial charge in [-0.2, -0.15) is 0 Å². The van der Waals surface area contributed by atoms with Crippen molar-refractivity contribution >= 4 is 35.0 Å². The Morgan fingerprint density at radius 3 is 2.63 bits per heavy atom. The molecule has 0 saturated carbocycles. The van der Waals surface area contributed by atoms with Crippen LogP contribution in [0.5, 0.6) is 0 Å². The average molecular weight is 400 g/mol. The van der Waals surface area contributed by atoms with Crippen molar-refractivity contribution in [2.24, 2.45) is 0 Å². The number of thioether (sulfide) groups is 1. The van der Waals surface area contributed by atoms with E-state index in [0.717, 1.165) is 17.8 Å². The van der Waals surface area contributed by atoms with Crippen molar-refractivity contribution in [2.75, 3.05) is 10.7 Å². The molecule has 4 rings (SSSR count). The molecule has 2 N–H and O–H groups in total. The lowest BCUT2D eigenvalue weighted by molar-refractivity contribution is -0.116. The molecule has 0 saturated heterocycles. The Morgan fingerprint density at radius 2 is 1.93 bits per heavy atom. The number of aryl methyl sites for hydroxylation is 1. The van der Waals surface area contributed by atoms with Crippen molar-refractivity contribution in [3.05, 3.63) is 71.0 Å². The second-order valence-electron chi connectivity index (χ2n) is 6.14. The molecule has 0 spiro atoms. The third-order valence-electron chi connectivity index (χ3n) is 4.35. The summed E-state index contributed by atoms with van der Waals surface area (Å²) in [4.78, 5) is 13.1. The summed E-state index contributed by atoms with van der Waals surface area (Å²) in [7, 11) is 0. The summed E-state index contributed by atoms with van der Waals surface area (Å²) in [6.07, 6.45) is 0.754. The molecule has 2 atom stereocenters. The minimum absolute atomic E-state index is 0.101. The van der Waals surface area contributed by atoms with E-state index in [9.17, 15) is 4.79 Å². The minimum Gasteiger partial charge on any atom is -0.325 e. The van der Waals surface area contributed by atoms with E-state index in [4.69, 9.17) is 11.6 Å². The first-order chi connectivity index (χ1) is 13.2. The number of nitrogens with one attached hydrogen (secondary N) is 2. The van der Waals surface area contributed by atoms with Gasteiger partial charge < -0.3 is 10.7 Å². The molecule has 0 aliphatic carbocycles. The van der Waals surface area contributed by atoms with Gasteiger partial charge in [-0.25, -0.2) is 4.68 Å². The van der Waals surface area contributed by atoms with Crippen LogP contribution in [0.4, 0.5) is 5.69 Å². The number of hydrogen-bond donors (Lipinski definition) is 2. The molecule has 138 valence electrons. The van der Waals surface area contributed by atoms with Gasteiger partial charge in [-0.3, -0.25) is 4.79 Å². The molecule has 1 amide bonds. The number of hydrogen-bond acceptors (Lipinski definition) is 5. The maximum Gasteiger partial charge on any atom is 0.240 e. The van der Waals surface area contributed by atoms with Crippen molar-refractivity contribution < 1.29 is 4.79 Å². The van der Waals surface area contributed by atoms with E-state index in [1.165, 1.54) is 11.8 Å². The lowest BCUT2D eigenvalue weighted by Crippen LogP contribution is -2.41. The third-order valence-corrected chi connectivity index (χ3v) is 5.82. The van der Waals surface area contributed by atoms with Gasteiger partial charge in [0.25, 0.3) is 0 Å². The van der Waals surface area contributed by atoms with Crippen molar-refractivity contribution in [2.45, 2.75) is 29.8 Å². The van der Waals surface area contributed by atoms with Gasteiger partial charge in [-0.05, 0) is 29.8 Å². The monoisotopic (exact) mass is 399 g/mol. The van der Waals surface area contributed by atoms with Gasteiger partial charge in [-0.15, -0.1) is 10.2 Å². The van der Waals surface area contributed by atoms with Gasteiger partial charge in [0.1, 0.15) is 5.25 Å². The van der Waals surface area contributed by atoms with Crippen molar-refractivity contribution in [3.63, 3.8) is 0 Å². The molecule has 27 heavy (non-hydrogen) atoms. The molecule has 0 fully saturated rings. The quantitative estimate of drug-likeness (QED) is 0.696. The van der Waals surface area contributed by atoms with Crippen molar-refractivity contribution in [1.82, 2.24) is 14.9 Å². The van der Waals surface area contributed by atoms with E-state index < -0.39 is 5.25 Å².